The molecule has 2 aliphatic carbocycles. The van der Waals surface area contributed by atoms with Crippen molar-refractivity contribution in [3.8, 4) is 0 Å². The number of rotatable bonds is 1. The van der Waals surface area contributed by atoms with Crippen LogP contribution in [0.4, 0.5) is 0 Å². The van der Waals surface area contributed by atoms with E-state index in [4.69, 9.17) is 0 Å². The van der Waals surface area contributed by atoms with E-state index in [0.29, 0.717) is 5.92 Å². The van der Waals surface area contributed by atoms with Crippen LogP contribution in [0.15, 0.2) is 0 Å². The molecular formula is C10H16O. The Morgan fingerprint density at radius 3 is 2.00 bits per heavy atom. The van der Waals surface area contributed by atoms with Gasteiger partial charge in [-0.1, -0.05) is 25.7 Å². The Balaban J connectivity index is 1.97. The van der Waals surface area contributed by atoms with E-state index in [0.717, 1.165) is 11.8 Å². The van der Waals surface area contributed by atoms with E-state index in [9.17, 15) is 4.79 Å². The Bertz CT molecular complexity index is 139. The first-order valence-electron chi connectivity index (χ1n) is 4.85. The molecule has 0 bridgehead atoms. The van der Waals surface area contributed by atoms with E-state index < -0.39 is 0 Å². The molecule has 0 radical (unpaired) electrons. The van der Waals surface area contributed by atoms with Gasteiger partial charge in [0.05, 0.1) is 0 Å². The molecule has 0 aromatic heterocycles. The summed E-state index contributed by atoms with van der Waals surface area (Å²) in [5.74, 6) is 2.25. The topological polar surface area (TPSA) is 17.1 Å². The molecule has 2 fully saturated rings. The molecule has 0 aromatic rings. The van der Waals surface area contributed by atoms with Gasteiger partial charge in [0.15, 0.2) is 0 Å². The second-order valence-electron chi connectivity index (χ2n) is 4.17. The van der Waals surface area contributed by atoms with Crippen LogP contribution in [0.5, 0.6) is 0 Å². The second-order valence-corrected chi connectivity index (χ2v) is 4.17. The Labute approximate surface area is 68.2 Å². The van der Waals surface area contributed by atoms with Gasteiger partial charge in [-0.3, -0.25) is 0 Å². The molecule has 0 aliphatic heterocycles. The van der Waals surface area contributed by atoms with Crippen molar-refractivity contribution >= 4 is 6.29 Å². The van der Waals surface area contributed by atoms with Gasteiger partial charge >= 0.3 is 0 Å². The summed E-state index contributed by atoms with van der Waals surface area (Å²) in [6.45, 7) is 0. The van der Waals surface area contributed by atoms with Crippen molar-refractivity contribution in [1.29, 1.82) is 0 Å². The Morgan fingerprint density at radius 2 is 1.55 bits per heavy atom. The predicted octanol–water partition coefficient (Wildman–Crippen LogP) is 2.40. The molecule has 0 amide bonds. The van der Waals surface area contributed by atoms with Gasteiger partial charge < -0.3 is 4.79 Å². The molecule has 2 rings (SSSR count). The van der Waals surface area contributed by atoms with E-state index in [1.54, 1.807) is 0 Å². The van der Waals surface area contributed by atoms with Gasteiger partial charge in [0.1, 0.15) is 6.29 Å². The summed E-state index contributed by atoms with van der Waals surface area (Å²) in [4.78, 5) is 10.6. The van der Waals surface area contributed by atoms with Gasteiger partial charge in [-0.05, 0) is 24.7 Å². The van der Waals surface area contributed by atoms with Crippen LogP contribution in [0.2, 0.25) is 0 Å². The molecule has 1 nitrogen and oxygen atoms in total. The highest BCUT2D eigenvalue weighted by Gasteiger charge is 2.34. The fourth-order valence-electron chi connectivity index (χ4n) is 2.89. The minimum absolute atomic E-state index is 0.420. The number of hydrogen-bond donors (Lipinski definition) is 0. The quantitative estimate of drug-likeness (QED) is 0.527. The third kappa shape index (κ3) is 1.33. The Hall–Kier alpha value is -0.330. The third-order valence-corrected chi connectivity index (χ3v) is 3.47. The van der Waals surface area contributed by atoms with Crippen LogP contribution in [0.25, 0.3) is 0 Å². The standard InChI is InChI=1S/C10H16O/c11-7-8-5-9-3-1-2-4-10(9)6-8/h7-10H,1-6H2/t9-,10-/m1/s1. The van der Waals surface area contributed by atoms with E-state index in [1.807, 2.05) is 0 Å². The maximum absolute atomic E-state index is 10.6. The minimum atomic E-state index is 0.420. The Kier molecular flexibility index (Phi) is 1.97. The molecule has 0 unspecified atom stereocenters. The van der Waals surface area contributed by atoms with E-state index in [-0.39, 0.29) is 0 Å². The van der Waals surface area contributed by atoms with Crippen LogP contribution >= 0.6 is 0 Å². The summed E-state index contributed by atoms with van der Waals surface area (Å²) < 4.78 is 0. The molecule has 0 spiro atoms. The van der Waals surface area contributed by atoms with Crippen molar-refractivity contribution in [1.82, 2.24) is 0 Å². The highest BCUT2D eigenvalue weighted by Crippen LogP contribution is 2.44. The van der Waals surface area contributed by atoms with Crippen molar-refractivity contribution in [2.24, 2.45) is 17.8 Å². The average molecular weight is 152 g/mol. The fraction of sp³-hybridized carbons (Fsp3) is 0.900. The van der Waals surface area contributed by atoms with Crippen LogP contribution in [0, 0.1) is 17.8 Å². The molecule has 11 heavy (non-hydrogen) atoms. The molecule has 2 atom stereocenters. The zero-order valence-electron chi connectivity index (χ0n) is 6.96. The fourth-order valence-corrected chi connectivity index (χ4v) is 2.89. The zero-order valence-corrected chi connectivity index (χ0v) is 6.96. The molecule has 2 saturated carbocycles. The lowest BCUT2D eigenvalue weighted by atomic mass is 9.82. The normalized spacial score (nSPS) is 38.5. The maximum Gasteiger partial charge on any atom is 0.123 e. The zero-order chi connectivity index (χ0) is 7.68. The molecule has 2 aliphatic rings. The van der Waals surface area contributed by atoms with Gasteiger partial charge in [0.2, 0.25) is 0 Å². The van der Waals surface area contributed by atoms with Crippen LogP contribution in [0.1, 0.15) is 38.5 Å². The lowest BCUT2D eigenvalue weighted by molar-refractivity contribution is -0.111. The smallest absolute Gasteiger partial charge is 0.123 e. The first kappa shape index (κ1) is 7.33. The van der Waals surface area contributed by atoms with Crippen molar-refractivity contribution in [2.75, 3.05) is 0 Å². The van der Waals surface area contributed by atoms with Gasteiger partial charge in [-0.25, -0.2) is 0 Å². The van der Waals surface area contributed by atoms with Crippen LogP contribution in [0.3, 0.4) is 0 Å². The van der Waals surface area contributed by atoms with Crippen molar-refractivity contribution in [3.05, 3.63) is 0 Å². The molecule has 0 saturated heterocycles. The average Bonchev–Trinajstić information content (AvgIpc) is 2.46. The summed E-state index contributed by atoms with van der Waals surface area (Å²) in [6.07, 6.45) is 9.20. The van der Waals surface area contributed by atoms with Crippen molar-refractivity contribution < 1.29 is 4.79 Å². The molecule has 0 aromatic carbocycles. The molecule has 62 valence electrons. The minimum Gasteiger partial charge on any atom is -0.303 e. The lowest BCUT2D eigenvalue weighted by Gasteiger charge is -2.24. The summed E-state index contributed by atoms with van der Waals surface area (Å²) in [7, 11) is 0. The number of fused-ring (bicyclic) bond motifs is 1. The highest BCUT2D eigenvalue weighted by molar-refractivity contribution is 5.54. The maximum atomic E-state index is 10.6. The number of carbonyl (C=O) groups excluding carboxylic acids is 1. The van der Waals surface area contributed by atoms with Crippen molar-refractivity contribution in [2.45, 2.75) is 38.5 Å². The molecule has 0 heterocycles. The van der Waals surface area contributed by atoms with E-state index in [1.165, 1.54) is 44.8 Å². The summed E-state index contributed by atoms with van der Waals surface area (Å²) in [5, 5.41) is 0. The summed E-state index contributed by atoms with van der Waals surface area (Å²) in [5.41, 5.74) is 0. The molecule has 0 N–H and O–H groups in total. The summed E-state index contributed by atoms with van der Waals surface area (Å²) in [6, 6.07) is 0. The first-order chi connectivity index (χ1) is 5.40. The molecular weight excluding hydrogens is 136 g/mol. The van der Waals surface area contributed by atoms with Gasteiger partial charge in [0, 0.05) is 5.92 Å². The van der Waals surface area contributed by atoms with Crippen molar-refractivity contribution in [3.63, 3.8) is 0 Å². The number of aldehydes is 1. The SMILES string of the molecule is O=CC1C[C@H]2CCCC[C@@H]2C1. The van der Waals surface area contributed by atoms with E-state index >= 15 is 0 Å². The third-order valence-electron chi connectivity index (χ3n) is 3.47. The van der Waals surface area contributed by atoms with Crippen LogP contribution in [-0.4, -0.2) is 6.29 Å². The Morgan fingerprint density at radius 1 is 1.00 bits per heavy atom. The second kappa shape index (κ2) is 2.96. The monoisotopic (exact) mass is 152 g/mol. The number of carbonyl (C=O) groups is 1. The lowest BCUT2D eigenvalue weighted by Crippen LogP contribution is -2.12. The van der Waals surface area contributed by atoms with E-state index in [2.05, 4.69) is 0 Å². The highest BCUT2D eigenvalue weighted by atomic mass is 16.1. The predicted molar refractivity (Wildman–Crippen MR) is 44.2 cm³/mol. The molecule has 1 heteroatoms. The van der Waals surface area contributed by atoms with Gasteiger partial charge in [-0.15, -0.1) is 0 Å². The largest absolute Gasteiger partial charge is 0.303 e. The number of hydrogen-bond acceptors (Lipinski definition) is 1. The van der Waals surface area contributed by atoms with Gasteiger partial charge in [-0.2, -0.15) is 0 Å². The summed E-state index contributed by atoms with van der Waals surface area (Å²) >= 11 is 0. The van der Waals surface area contributed by atoms with Crippen LogP contribution < -0.4 is 0 Å². The first-order valence-corrected chi connectivity index (χ1v) is 4.85. The van der Waals surface area contributed by atoms with Crippen LogP contribution in [-0.2, 0) is 4.79 Å². The van der Waals surface area contributed by atoms with Gasteiger partial charge in [0.25, 0.3) is 0 Å².